The number of nitrogens with zero attached hydrogens (tertiary/aromatic N) is 1. The van der Waals surface area contributed by atoms with E-state index >= 15 is 0 Å². The summed E-state index contributed by atoms with van der Waals surface area (Å²) in [6.07, 6.45) is -2.62. The van der Waals surface area contributed by atoms with Crippen LogP contribution in [0.3, 0.4) is 0 Å². The van der Waals surface area contributed by atoms with Gasteiger partial charge in [-0.2, -0.15) is 0 Å². The van der Waals surface area contributed by atoms with Crippen LogP contribution in [0.1, 0.15) is 4.88 Å². The zero-order chi connectivity index (χ0) is 9.68. The van der Waals surface area contributed by atoms with Gasteiger partial charge in [0.25, 0.3) is 6.43 Å². The number of alkyl halides is 2. The van der Waals surface area contributed by atoms with E-state index in [-0.39, 0.29) is 6.54 Å². The molecule has 3 nitrogen and oxygen atoms in total. The van der Waals surface area contributed by atoms with Crippen molar-refractivity contribution in [3.05, 3.63) is 16.6 Å². The molecule has 13 heavy (non-hydrogen) atoms. The molecular weight excluding hydrogens is 198 g/mol. The number of aromatic nitrogens is 1. The minimum atomic E-state index is -2.69. The maximum absolute atomic E-state index is 11.8. The summed E-state index contributed by atoms with van der Waals surface area (Å²) in [7, 11) is 0. The van der Waals surface area contributed by atoms with E-state index in [2.05, 4.69) is 10.3 Å². The molecule has 0 bridgehead atoms. The van der Waals surface area contributed by atoms with Crippen molar-refractivity contribution in [2.45, 2.75) is 19.1 Å². The molecule has 0 fully saturated rings. The van der Waals surface area contributed by atoms with Crippen LogP contribution < -0.4 is 5.32 Å². The van der Waals surface area contributed by atoms with Crippen molar-refractivity contribution in [3.8, 4) is 0 Å². The van der Waals surface area contributed by atoms with Gasteiger partial charge in [0.1, 0.15) is 6.10 Å². The van der Waals surface area contributed by atoms with Gasteiger partial charge in [-0.1, -0.05) is 0 Å². The first kappa shape index (κ1) is 10.5. The SMILES string of the molecule is OC(CNCc1cncs1)C(F)F. The predicted molar refractivity (Wildman–Crippen MR) is 45.8 cm³/mol. The highest BCUT2D eigenvalue weighted by Crippen LogP contribution is 2.04. The maximum atomic E-state index is 11.8. The molecule has 1 aromatic heterocycles. The van der Waals surface area contributed by atoms with Gasteiger partial charge in [0, 0.05) is 24.2 Å². The first-order chi connectivity index (χ1) is 6.20. The van der Waals surface area contributed by atoms with Crippen molar-refractivity contribution in [1.82, 2.24) is 10.3 Å². The first-order valence-electron chi connectivity index (χ1n) is 3.74. The Morgan fingerprint density at radius 3 is 2.92 bits per heavy atom. The Bertz CT molecular complexity index is 230. The monoisotopic (exact) mass is 208 g/mol. The second kappa shape index (κ2) is 5.21. The number of thiazole rings is 1. The molecule has 6 heteroatoms. The van der Waals surface area contributed by atoms with E-state index in [1.54, 1.807) is 11.7 Å². The van der Waals surface area contributed by atoms with E-state index in [0.717, 1.165) is 4.88 Å². The van der Waals surface area contributed by atoms with Crippen LogP contribution in [0.5, 0.6) is 0 Å². The topological polar surface area (TPSA) is 45.1 Å². The molecule has 1 rings (SSSR count). The van der Waals surface area contributed by atoms with Crippen LogP contribution in [0.15, 0.2) is 11.7 Å². The van der Waals surface area contributed by atoms with Crippen molar-refractivity contribution >= 4 is 11.3 Å². The molecule has 0 aliphatic rings. The smallest absolute Gasteiger partial charge is 0.265 e. The van der Waals surface area contributed by atoms with Crippen molar-refractivity contribution in [1.29, 1.82) is 0 Å². The highest BCUT2D eigenvalue weighted by molar-refractivity contribution is 7.09. The molecule has 0 saturated heterocycles. The molecule has 1 atom stereocenters. The van der Waals surface area contributed by atoms with E-state index in [9.17, 15) is 8.78 Å². The molecule has 1 unspecified atom stereocenters. The molecular formula is C7H10F2N2OS. The molecule has 0 aliphatic carbocycles. The van der Waals surface area contributed by atoms with Gasteiger partial charge in [0.2, 0.25) is 0 Å². The third kappa shape index (κ3) is 3.75. The van der Waals surface area contributed by atoms with Gasteiger partial charge < -0.3 is 10.4 Å². The Morgan fingerprint density at radius 1 is 1.62 bits per heavy atom. The van der Waals surface area contributed by atoms with Gasteiger partial charge in [0.15, 0.2) is 0 Å². The largest absolute Gasteiger partial charge is 0.386 e. The van der Waals surface area contributed by atoms with Crippen LogP contribution in [-0.2, 0) is 6.54 Å². The van der Waals surface area contributed by atoms with Gasteiger partial charge in [0.05, 0.1) is 5.51 Å². The minimum absolute atomic E-state index is 0.102. The third-order valence-electron chi connectivity index (χ3n) is 1.43. The molecule has 74 valence electrons. The van der Waals surface area contributed by atoms with Crippen molar-refractivity contribution in [2.24, 2.45) is 0 Å². The normalized spacial score (nSPS) is 13.5. The van der Waals surface area contributed by atoms with Gasteiger partial charge in [-0.05, 0) is 0 Å². The Labute approximate surface area is 78.4 Å². The van der Waals surface area contributed by atoms with Gasteiger partial charge in [-0.25, -0.2) is 8.78 Å². The highest BCUT2D eigenvalue weighted by atomic mass is 32.1. The zero-order valence-corrected chi connectivity index (χ0v) is 7.60. The summed E-state index contributed by atoms with van der Waals surface area (Å²) in [5.41, 5.74) is 1.67. The van der Waals surface area contributed by atoms with Crippen LogP contribution in [0, 0.1) is 0 Å². The lowest BCUT2D eigenvalue weighted by Crippen LogP contribution is -2.31. The lowest BCUT2D eigenvalue weighted by Gasteiger charge is -2.09. The molecule has 0 amide bonds. The van der Waals surface area contributed by atoms with E-state index in [0.29, 0.717) is 6.54 Å². The number of nitrogens with one attached hydrogen (secondary N) is 1. The average Bonchev–Trinajstić information content (AvgIpc) is 2.56. The van der Waals surface area contributed by atoms with E-state index in [4.69, 9.17) is 5.11 Å². The number of aliphatic hydroxyl groups is 1. The third-order valence-corrected chi connectivity index (χ3v) is 2.21. The van der Waals surface area contributed by atoms with Gasteiger partial charge in [-0.3, -0.25) is 4.98 Å². The second-order valence-electron chi connectivity index (χ2n) is 2.50. The maximum Gasteiger partial charge on any atom is 0.265 e. The van der Waals surface area contributed by atoms with Crippen molar-refractivity contribution in [2.75, 3.05) is 6.54 Å². The lowest BCUT2D eigenvalue weighted by molar-refractivity contribution is -0.00337. The van der Waals surface area contributed by atoms with Crippen molar-refractivity contribution in [3.63, 3.8) is 0 Å². The van der Waals surface area contributed by atoms with E-state index in [1.165, 1.54) is 11.3 Å². The molecule has 0 spiro atoms. The summed E-state index contributed by atoms with van der Waals surface area (Å²) in [6.45, 7) is 0.365. The second-order valence-corrected chi connectivity index (χ2v) is 3.47. The molecule has 0 aromatic carbocycles. The highest BCUT2D eigenvalue weighted by Gasteiger charge is 2.15. The van der Waals surface area contributed by atoms with Crippen LogP contribution in [0.4, 0.5) is 8.78 Å². The fraction of sp³-hybridized carbons (Fsp3) is 0.571. The van der Waals surface area contributed by atoms with E-state index in [1.807, 2.05) is 0 Å². The average molecular weight is 208 g/mol. The summed E-state index contributed by atoms with van der Waals surface area (Å²) in [4.78, 5) is 4.78. The number of aliphatic hydroxyl groups excluding tert-OH is 1. The summed E-state index contributed by atoms with van der Waals surface area (Å²) in [5.74, 6) is 0. The van der Waals surface area contributed by atoms with Gasteiger partial charge in [-0.15, -0.1) is 11.3 Å². The molecule has 2 N–H and O–H groups in total. The molecule has 1 aromatic rings. The standard InChI is InChI=1S/C7H10F2N2OS/c8-7(9)6(12)3-10-1-5-2-11-4-13-5/h2,4,6-7,10,12H,1,3H2. The molecule has 0 saturated carbocycles. The fourth-order valence-corrected chi connectivity index (χ4v) is 1.33. The van der Waals surface area contributed by atoms with Crippen LogP contribution in [0.2, 0.25) is 0 Å². The van der Waals surface area contributed by atoms with E-state index < -0.39 is 12.5 Å². The molecule has 1 heterocycles. The predicted octanol–water partition coefficient (Wildman–Crippen LogP) is 0.859. The van der Waals surface area contributed by atoms with Crippen LogP contribution >= 0.6 is 11.3 Å². The first-order valence-corrected chi connectivity index (χ1v) is 4.62. The number of hydrogen-bond acceptors (Lipinski definition) is 4. The summed E-state index contributed by atoms with van der Waals surface area (Å²) in [5, 5.41) is 11.4. The summed E-state index contributed by atoms with van der Waals surface area (Å²) in [6, 6.07) is 0. The quantitative estimate of drug-likeness (QED) is 0.754. The zero-order valence-electron chi connectivity index (χ0n) is 6.78. The Morgan fingerprint density at radius 2 is 2.38 bits per heavy atom. The lowest BCUT2D eigenvalue weighted by atomic mass is 10.3. The molecule has 0 radical (unpaired) electrons. The van der Waals surface area contributed by atoms with Crippen LogP contribution in [0.25, 0.3) is 0 Å². The Kier molecular flexibility index (Phi) is 4.20. The Balaban J connectivity index is 2.14. The minimum Gasteiger partial charge on any atom is -0.386 e. The fourth-order valence-electron chi connectivity index (χ4n) is 0.762. The number of rotatable bonds is 5. The van der Waals surface area contributed by atoms with Crippen LogP contribution in [-0.4, -0.2) is 29.2 Å². The van der Waals surface area contributed by atoms with Gasteiger partial charge >= 0.3 is 0 Å². The number of hydrogen-bond donors (Lipinski definition) is 2. The Hall–Kier alpha value is -0.590. The summed E-state index contributed by atoms with van der Waals surface area (Å²) < 4.78 is 23.6. The van der Waals surface area contributed by atoms with Crippen molar-refractivity contribution < 1.29 is 13.9 Å². The number of halogens is 2. The summed E-state index contributed by atoms with van der Waals surface area (Å²) >= 11 is 1.44. The molecule has 0 aliphatic heterocycles.